The van der Waals surface area contributed by atoms with Gasteiger partial charge in [-0.05, 0) is 24.5 Å². The molecule has 0 amide bonds. The van der Waals surface area contributed by atoms with Crippen LogP contribution in [0.15, 0.2) is 34.8 Å². The van der Waals surface area contributed by atoms with Crippen LogP contribution in [0.2, 0.25) is 0 Å². The number of benzene rings is 1. The summed E-state index contributed by atoms with van der Waals surface area (Å²) < 4.78 is 1.01. The number of anilines is 1. The average Bonchev–Trinajstić information content (AvgIpc) is 2.27. The molecule has 1 aromatic carbocycles. The standard InChI is InChI=1S/C14H16BrN3/c1-9(2)6-12-8-13(16)18-14(17-12)10-4-3-5-11(15)7-10/h3-5,7-9H,6H2,1-2H3,(H2,16,17,18). The van der Waals surface area contributed by atoms with Gasteiger partial charge in [-0.3, -0.25) is 0 Å². The molecular weight excluding hydrogens is 290 g/mol. The van der Waals surface area contributed by atoms with Crippen LogP contribution in [0.1, 0.15) is 19.5 Å². The molecule has 3 nitrogen and oxygen atoms in total. The Hall–Kier alpha value is -1.42. The van der Waals surface area contributed by atoms with Crippen LogP contribution in [-0.2, 0) is 6.42 Å². The van der Waals surface area contributed by atoms with E-state index in [1.807, 2.05) is 30.3 Å². The second-order valence-corrected chi connectivity index (χ2v) is 5.63. The summed E-state index contributed by atoms with van der Waals surface area (Å²) in [5.74, 6) is 1.76. The molecule has 2 rings (SSSR count). The van der Waals surface area contributed by atoms with Crippen molar-refractivity contribution < 1.29 is 0 Å². The topological polar surface area (TPSA) is 51.8 Å². The van der Waals surface area contributed by atoms with E-state index in [9.17, 15) is 0 Å². The second kappa shape index (κ2) is 5.48. The Labute approximate surface area is 116 Å². The maximum atomic E-state index is 5.85. The minimum atomic E-state index is 0.524. The molecule has 0 radical (unpaired) electrons. The van der Waals surface area contributed by atoms with E-state index in [0.717, 1.165) is 22.2 Å². The summed E-state index contributed by atoms with van der Waals surface area (Å²) in [7, 11) is 0. The van der Waals surface area contributed by atoms with Crippen LogP contribution in [0.5, 0.6) is 0 Å². The van der Waals surface area contributed by atoms with Crippen LogP contribution in [-0.4, -0.2) is 9.97 Å². The maximum absolute atomic E-state index is 5.85. The number of aromatic nitrogens is 2. The van der Waals surface area contributed by atoms with Crippen molar-refractivity contribution in [3.63, 3.8) is 0 Å². The fraction of sp³-hybridized carbons (Fsp3) is 0.286. The number of nitrogens with two attached hydrogens (primary N) is 1. The summed E-state index contributed by atoms with van der Waals surface area (Å²) in [6, 6.07) is 9.77. The third-order valence-electron chi connectivity index (χ3n) is 2.50. The Morgan fingerprint density at radius 2 is 2.00 bits per heavy atom. The molecule has 0 bridgehead atoms. The van der Waals surface area contributed by atoms with Gasteiger partial charge in [-0.1, -0.05) is 41.9 Å². The Morgan fingerprint density at radius 3 is 2.67 bits per heavy atom. The van der Waals surface area contributed by atoms with Gasteiger partial charge in [-0.25, -0.2) is 9.97 Å². The van der Waals surface area contributed by atoms with Gasteiger partial charge in [0.15, 0.2) is 5.82 Å². The van der Waals surface area contributed by atoms with Crippen LogP contribution in [0.25, 0.3) is 11.4 Å². The Balaban J connectivity index is 2.41. The van der Waals surface area contributed by atoms with Crippen LogP contribution in [0.4, 0.5) is 5.82 Å². The number of hydrogen-bond acceptors (Lipinski definition) is 3. The van der Waals surface area contributed by atoms with Gasteiger partial charge in [0.05, 0.1) is 0 Å². The van der Waals surface area contributed by atoms with E-state index in [0.29, 0.717) is 17.6 Å². The number of rotatable bonds is 3. The number of halogens is 1. The summed E-state index contributed by atoms with van der Waals surface area (Å²) in [6.45, 7) is 4.33. The second-order valence-electron chi connectivity index (χ2n) is 4.72. The first-order valence-electron chi connectivity index (χ1n) is 5.94. The van der Waals surface area contributed by atoms with Gasteiger partial charge in [0.25, 0.3) is 0 Å². The van der Waals surface area contributed by atoms with E-state index < -0.39 is 0 Å². The predicted molar refractivity (Wildman–Crippen MR) is 78.1 cm³/mol. The smallest absolute Gasteiger partial charge is 0.161 e. The Morgan fingerprint density at radius 1 is 1.22 bits per heavy atom. The van der Waals surface area contributed by atoms with Crippen LogP contribution >= 0.6 is 15.9 Å². The summed E-state index contributed by atoms with van der Waals surface area (Å²) in [6.07, 6.45) is 0.910. The molecule has 4 heteroatoms. The molecule has 1 aromatic heterocycles. The molecule has 0 fully saturated rings. The van der Waals surface area contributed by atoms with Gasteiger partial charge in [-0.2, -0.15) is 0 Å². The summed E-state index contributed by atoms with van der Waals surface area (Å²) >= 11 is 3.45. The molecule has 0 saturated heterocycles. The van der Waals surface area contributed by atoms with Gasteiger partial charge in [0.1, 0.15) is 5.82 Å². The zero-order chi connectivity index (χ0) is 13.1. The van der Waals surface area contributed by atoms with Gasteiger partial charge < -0.3 is 5.73 Å². The number of nitrogen functional groups attached to an aromatic ring is 1. The summed E-state index contributed by atoms with van der Waals surface area (Å²) in [5.41, 5.74) is 7.81. The van der Waals surface area contributed by atoms with Crippen molar-refractivity contribution in [3.05, 3.63) is 40.5 Å². The van der Waals surface area contributed by atoms with Crippen LogP contribution in [0.3, 0.4) is 0 Å². The molecule has 0 unspecified atom stereocenters. The molecule has 18 heavy (non-hydrogen) atoms. The lowest BCUT2D eigenvalue weighted by Crippen LogP contribution is -2.03. The fourth-order valence-corrected chi connectivity index (χ4v) is 2.20. The van der Waals surface area contributed by atoms with Crippen molar-refractivity contribution >= 4 is 21.7 Å². The van der Waals surface area contributed by atoms with E-state index in [-0.39, 0.29) is 0 Å². The Bertz CT molecular complexity index is 552. The monoisotopic (exact) mass is 305 g/mol. The third kappa shape index (κ3) is 3.29. The van der Waals surface area contributed by atoms with Gasteiger partial charge >= 0.3 is 0 Å². The number of nitrogens with zero attached hydrogens (tertiary/aromatic N) is 2. The first kappa shape index (κ1) is 13.0. The van der Waals surface area contributed by atoms with Crippen LogP contribution in [0, 0.1) is 5.92 Å². The van der Waals surface area contributed by atoms with Crippen molar-refractivity contribution in [3.8, 4) is 11.4 Å². The lowest BCUT2D eigenvalue weighted by Gasteiger charge is -2.08. The number of hydrogen-bond donors (Lipinski definition) is 1. The zero-order valence-corrected chi connectivity index (χ0v) is 12.1. The molecule has 2 N–H and O–H groups in total. The maximum Gasteiger partial charge on any atom is 0.161 e. The van der Waals surface area contributed by atoms with E-state index in [2.05, 4.69) is 39.7 Å². The Kier molecular flexibility index (Phi) is 3.97. The summed E-state index contributed by atoms with van der Waals surface area (Å²) in [5, 5.41) is 0. The quantitative estimate of drug-likeness (QED) is 0.941. The van der Waals surface area contributed by atoms with Crippen molar-refractivity contribution in [1.29, 1.82) is 0 Å². The largest absolute Gasteiger partial charge is 0.384 e. The van der Waals surface area contributed by atoms with E-state index in [1.54, 1.807) is 0 Å². The minimum Gasteiger partial charge on any atom is -0.384 e. The highest BCUT2D eigenvalue weighted by molar-refractivity contribution is 9.10. The van der Waals surface area contributed by atoms with Gasteiger partial charge in [0.2, 0.25) is 0 Å². The lowest BCUT2D eigenvalue weighted by molar-refractivity contribution is 0.635. The molecule has 0 aliphatic carbocycles. The molecule has 0 spiro atoms. The van der Waals surface area contributed by atoms with E-state index in [1.165, 1.54) is 0 Å². The molecule has 94 valence electrons. The van der Waals surface area contributed by atoms with Crippen molar-refractivity contribution in [2.24, 2.45) is 5.92 Å². The molecule has 0 aliphatic rings. The predicted octanol–water partition coefficient (Wildman–Crippen LogP) is 3.69. The minimum absolute atomic E-state index is 0.524. The lowest BCUT2D eigenvalue weighted by atomic mass is 10.1. The SMILES string of the molecule is CC(C)Cc1cc(N)nc(-c2cccc(Br)c2)n1. The van der Waals surface area contributed by atoms with Gasteiger partial charge in [0, 0.05) is 21.8 Å². The first-order chi connectivity index (χ1) is 8.54. The molecule has 2 aromatic rings. The zero-order valence-electron chi connectivity index (χ0n) is 10.5. The highest BCUT2D eigenvalue weighted by Crippen LogP contribution is 2.21. The van der Waals surface area contributed by atoms with Crippen molar-refractivity contribution in [1.82, 2.24) is 9.97 Å². The van der Waals surface area contributed by atoms with Crippen LogP contribution < -0.4 is 5.73 Å². The van der Waals surface area contributed by atoms with Crippen molar-refractivity contribution in [2.75, 3.05) is 5.73 Å². The van der Waals surface area contributed by atoms with Crippen molar-refractivity contribution in [2.45, 2.75) is 20.3 Å². The summed E-state index contributed by atoms with van der Waals surface area (Å²) in [4.78, 5) is 8.87. The third-order valence-corrected chi connectivity index (χ3v) is 2.99. The first-order valence-corrected chi connectivity index (χ1v) is 6.73. The molecule has 0 aliphatic heterocycles. The normalized spacial score (nSPS) is 10.9. The molecule has 0 atom stereocenters. The molecule has 1 heterocycles. The highest BCUT2D eigenvalue weighted by Gasteiger charge is 2.07. The molecule has 0 saturated carbocycles. The fourth-order valence-electron chi connectivity index (χ4n) is 1.80. The molecular formula is C14H16BrN3. The van der Waals surface area contributed by atoms with E-state index in [4.69, 9.17) is 5.73 Å². The average molecular weight is 306 g/mol. The van der Waals surface area contributed by atoms with Gasteiger partial charge in [-0.15, -0.1) is 0 Å². The van der Waals surface area contributed by atoms with E-state index >= 15 is 0 Å². The highest BCUT2D eigenvalue weighted by atomic mass is 79.9.